The summed E-state index contributed by atoms with van der Waals surface area (Å²) in [5.74, 6) is 0.961. The van der Waals surface area contributed by atoms with Crippen LogP contribution in [0.15, 0.2) is 64.0 Å². The second-order valence-electron chi connectivity index (χ2n) is 4.92. The molecule has 0 spiro atoms. The monoisotopic (exact) mass is 407 g/mol. The largest absolute Gasteiger partial charge is 0.496 e. The number of hydrogen-bond acceptors (Lipinski definition) is 5. The van der Waals surface area contributed by atoms with Gasteiger partial charge in [0.2, 0.25) is 0 Å². The van der Waals surface area contributed by atoms with Crippen molar-refractivity contribution in [1.29, 1.82) is 0 Å². The number of methoxy groups -OCH3 is 1. The van der Waals surface area contributed by atoms with Crippen molar-refractivity contribution in [2.75, 3.05) is 12.5 Å². The maximum absolute atomic E-state index is 12.4. The van der Waals surface area contributed by atoms with E-state index in [4.69, 9.17) is 4.74 Å². The Morgan fingerprint density at radius 1 is 1.08 bits per heavy atom. The van der Waals surface area contributed by atoms with Crippen LogP contribution in [-0.4, -0.2) is 20.5 Å². The Morgan fingerprint density at radius 3 is 2.62 bits per heavy atom. The van der Waals surface area contributed by atoms with Gasteiger partial charge in [0.15, 0.2) is 0 Å². The SMILES string of the molecule is COc1ccc(S(=O)(=O)NNc2ccc3ccccc3n2)cc1Br. The van der Waals surface area contributed by atoms with E-state index in [0.29, 0.717) is 16.0 Å². The summed E-state index contributed by atoms with van der Waals surface area (Å²) in [6.45, 7) is 0. The number of hydrogen-bond donors (Lipinski definition) is 2. The van der Waals surface area contributed by atoms with Gasteiger partial charge < -0.3 is 4.74 Å². The van der Waals surface area contributed by atoms with Gasteiger partial charge in [-0.3, -0.25) is 5.43 Å². The van der Waals surface area contributed by atoms with E-state index >= 15 is 0 Å². The van der Waals surface area contributed by atoms with Gasteiger partial charge in [0.25, 0.3) is 10.0 Å². The molecule has 0 aliphatic rings. The second kappa shape index (κ2) is 6.76. The zero-order chi connectivity index (χ0) is 17.2. The normalized spacial score (nSPS) is 11.4. The maximum atomic E-state index is 12.4. The van der Waals surface area contributed by atoms with E-state index in [2.05, 4.69) is 31.2 Å². The van der Waals surface area contributed by atoms with E-state index in [9.17, 15) is 8.42 Å². The van der Waals surface area contributed by atoms with Gasteiger partial charge in [0.05, 0.1) is 22.0 Å². The van der Waals surface area contributed by atoms with Crippen LogP contribution >= 0.6 is 15.9 Å². The minimum atomic E-state index is -3.75. The van der Waals surface area contributed by atoms with Gasteiger partial charge in [0, 0.05) is 5.39 Å². The molecule has 2 aromatic carbocycles. The third kappa shape index (κ3) is 3.50. The summed E-state index contributed by atoms with van der Waals surface area (Å²) in [5, 5.41) is 0.977. The standard InChI is InChI=1S/C16H14BrN3O3S/c1-23-15-8-7-12(10-13(15)17)24(21,22)20-19-16-9-6-11-4-2-3-5-14(11)18-16/h2-10,20H,1H3,(H,18,19). The Hall–Kier alpha value is -2.16. The predicted molar refractivity (Wildman–Crippen MR) is 96.4 cm³/mol. The molecular weight excluding hydrogens is 394 g/mol. The molecule has 0 saturated carbocycles. The summed E-state index contributed by atoms with van der Waals surface area (Å²) in [6, 6.07) is 15.7. The number of fused-ring (bicyclic) bond motifs is 1. The fourth-order valence-electron chi connectivity index (χ4n) is 2.13. The molecule has 124 valence electrons. The topological polar surface area (TPSA) is 80.3 Å². The predicted octanol–water partition coefficient (Wildman–Crippen LogP) is 3.31. The molecule has 0 radical (unpaired) electrons. The Morgan fingerprint density at radius 2 is 1.88 bits per heavy atom. The van der Waals surface area contributed by atoms with Crippen molar-refractivity contribution < 1.29 is 13.2 Å². The molecule has 3 rings (SSSR count). The van der Waals surface area contributed by atoms with Gasteiger partial charge >= 0.3 is 0 Å². The highest BCUT2D eigenvalue weighted by Gasteiger charge is 2.16. The third-order valence-corrected chi connectivity index (χ3v) is 5.21. The summed E-state index contributed by atoms with van der Waals surface area (Å²) in [5.41, 5.74) is 3.40. The highest BCUT2D eigenvalue weighted by atomic mass is 79.9. The summed E-state index contributed by atoms with van der Waals surface area (Å²) in [7, 11) is -2.23. The number of halogens is 1. The molecule has 3 aromatic rings. The van der Waals surface area contributed by atoms with Crippen molar-refractivity contribution in [3.63, 3.8) is 0 Å². The van der Waals surface area contributed by atoms with Gasteiger partial charge in [-0.15, -0.1) is 4.83 Å². The molecule has 0 unspecified atom stereocenters. The van der Waals surface area contributed by atoms with Crippen LogP contribution < -0.4 is 15.0 Å². The Labute approximate surface area is 148 Å². The third-order valence-electron chi connectivity index (χ3n) is 3.35. The van der Waals surface area contributed by atoms with Crippen LogP contribution in [0, 0.1) is 0 Å². The lowest BCUT2D eigenvalue weighted by Crippen LogP contribution is -2.30. The number of pyridine rings is 1. The fourth-order valence-corrected chi connectivity index (χ4v) is 3.70. The smallest absolute Gasteiger partial charge is 0.257 e. The van der Waals surface area contributed by atoms with Gasteiger partial charge in [-0.2, -0.15) is 0 Å². The Bertz CT molecular complexity index is 993. The molecule has 1 aromatic heterocycles. The van der Waals surface area contributed by atoms with E-state index < -0.39 is 10.0 Å². The zero-order valence-electron chi connectivity index (χ0n) is 12.7. The van der Waals surface area contributed by atoms with Crippen LogP contribution in [-0.2, 0) is 10.0 Å². The highest BCUT2D eigenvalue weighted by molar-refractivity contribution is 9.10. The van der Waals surface area contributed by atoms with Crippen molar-refractivity contribution in [3.05, 3.63) is 59.1 Å². The first kappa shape index (κ1) is 16.7. The molecule has 1 heterocycles. The zero-order valence-corrected chi connectivity index (χ0v) is 15.1. The van der Waals surface area contributed by atoms with Crippen LogP contribution in [0.25, 0.3) is 10.9 Å². The maximum Gasteiger partial charge on any atom is 0.257 e. The van der Waals surface area contributed by atoms with E-state index in [1.165, 1.54) is 19.2 Å². The molecule has 8 heteroatoms. The minimum Gasteiger partial charge on any atom is -0.496 e. The van der Waals surface area contributed by atoms with E-state index in [1.807, 2.05) is 30.3 Å². The molecule has 0 bridgehead atoms. The van der Waals surface area contributed by atoms with Gasteiger partial charge in [-0.25, -0.2) is 13.4 Å². The average Bonchev–Trinajstić information content (AvgIpc) is 2.60. The molecule has 0 aliphatic heterocycles. The molecule has 6 nitrogen and oxygen atoms in total. The van der Waals surface area contributed by atoms with Crippen LogP contribution in [0.3, 0.4) is 0 Å². The molecule has 0 fully saturated rings. The van der Waals surface area contributed by atoms with Crippen molar-refractivity contribution in [1.82, 2.24) is 9.82 Å². The Kier molecular flexibility index (Phi) is 4.70. The highest BCUT2D eigenvalue weighted by Crippen LogP contribution is 2.27. The minimum absolute atomic E-state index is 0.100. The van der Waals surface area contributed by atoms with Crippen LogP contribution in [0.1, 0.15) is 0 Å². The lowest BCUT2D eigenvalue weighted by atomic mass is 10.2. The molecule has 0 aliphatic carbocycles. The average molecular weight is 408 g/mol. The van der Waals surface area contributed by atoms with Crippen LogP contribution in [0.4, 0.5) is 5.82 Å². The number of rotatable bonds is 5. The number of sulfonamides is 1. The first-order chi connectivity index (χ1) is 11.5. The van der Waals surface area contributed by atoms with Gasteiger partial charge in [-0.05, 0) is 52.3 Å². The first-order valence-electron chi connectivity index (χ1n) is 6.97. The molecule has 2 N–H and O–H groups in total. The Balaban J connectivity index is 1.80. The van der Waals surface area contributed by atoms with E-state index in [-0.39, 0.29) is 4.90 Å². The van der Waals surface area contributed by atoms with Crippen LogP contribution in [0.5, 0.6) is 5.75 Å². The molecule has 0 atom stereocenters. The van der Waals surface area contributed by atoms with Gasteiger partial charge in [0.1, 0.15) is 11.6 Å². The molecule has 0 amide bonds. The fraction of sp³-hybridized carbons (Fsp3) is 0.0625. The lowest BCUT2D eigenvalue weighted by molar-refractivity contribution is 0.411. The first-order valence-corrected chi connectivity index (χ1v) is 9.24. The summed E-state index contributed by atoms with van der Waals surface area (Å²) >= 11 is 3.27. The second-order valence-corrected chi connectivity index (χ2v) is 7.45. The summed E-state index contributed by atoms with van der Waals surface area (Å²) in [4.78, 5) is 6.77. The summed E-state index contributed by atoms with van der Waals surface area (Å²) in [6.07, 6.45) is 0. The number of nitrogens with one attached hydrogen (secondary N) is 2. The number of nitrogens with zero attached hydrogens (tertiary/aromatic N) is 1. The molecular formula is C16H14BrN3O3S. The molecule has 0 saturated heterocycles. The number of anilines is 1. The van der Waals surface area contributed by atoms with Crippen molar-refractivity contribution >= 4 is 42.7 Å². The number of aromatic nitrogens is 1. The lowest BCUT2D eigenvalue weighted by Gasteiger charge is -2.11. The quantitative estimate of drug-likeness (QED) is 0.634. The summed E-state index contributed by atoms with van der Waals surface area (Å²) < 4.78 is 30.4. The number of para-hydroxylation sites is 1. The van der Waals surface area contributed by atoms with Gasteiger partial charge in [-0.1, -0.05) is 18.2 Å². The van der Waals surface area contributed by atoms with Crippen molar-refractivity contribution in [2.45, 2.75) is 4.90 Å². The number of hydrazine groups is 1. The van der Waals surface area contributed by atoms with Crippen molar-refractivity contribution in [3.8, 4) is 5.75 Å². The number of benzene rings is 2. The van der Waals surface area contributed by atoms with Crippen LogP contribution in [0.2, 0.25) is 0 Å². The number of ether oxygens (including phenoxy) is 1. The van der Waals surface area contributed by atoms with E-state index in [1.54, 1.807) is 12.1 Å². The molecule has 24 heavy (non-hydrogen) atoms. The van der Waals surface area contributed by atoms with E-state index in [0.717, 1.165) is 10.9 Å². The van der Waals surface area contributed by atoms with Crippen molar-refractivity contribution in [2.24, 2.45) is 0 Å².